The Labute approximate surface area is 145 Å². The number of nitrogens with zero attached hydrogens (tertiary/aromatic N) is 3. The fourth-order valence-corrected chi connectivity index (χ4v) is 4.04. The summed E-state index contributed by atoms with van der Waals surface area (Å²) in [7, 11) is -3.70. The molecule has 1 atom stereocenters. The van der Waals surface area contributed by atoms with Gasteiger partial charge in [-0.15, -0.1) is 0 Å². The highest BCUT2D eigenvalue weighted by Crippen LogP contribution is 2.23. The Morgan fingerprint density at radius 2 is 1.83 bits per heavy atom. The number of nitrogens with one attached hydrogen (secondary N) is 1. The Hall–Kier alpha value is -2.22. The molecule has 0 bridgehead atoms. The molecule has 0 spiro atoms. The first-order valence-electron chi connectivity index (χ1n) is 7.19. The van der Waals surface area contributed by atoms with Crippen LogP contribution in [0.5, 0.6) is 0 Å². The lowest BCUT2D eigenvalue weighted by molar-refractivity contribution is 0.567. The fraction of sp³-hybridized carbons (Fsp3) is 0.125. The highest BCUT2D eigenvalue weighted by atomic mass is 35.5. The SMILES string of the molecule is C[C@@H](NS(=O)(=O)c1ccccc1Cl)c1ccc(-n2cncn2)cc1. The van der Waals surface area contributed by atoms with Crippen molar-refractivity contribution in [3.63, 3.8) is 0 Å². The van der Waals surface area contributed by atoms with Crippen LogP contribution >= 0.6 is 11.6 Å². The zero-order valence-electron chi connectivity index (χ0n) is 12.8. The Balaban J connectivity index is 1.80. The predicted octanol–water partition coefficient (Wildman–Crippen LogP) is 2.96. The summed E-state index contributed by atoms with van der Waals surface area (Å²) >= 11 is 5.98. The van der Waals surface area contributed by atoms with Gasteiger partial charge in [0, 0.05) is 6.04 Å². The summed E-state index contributed by atoms with van der Waals surface area (Å²) in [5.74, 6) is 0. The maximum absolute atomic E-state index is 12.5. The zero-order valence-corrected chi connectivity index (χ0v) is 14.4. The van der Waals surface area contributed by atoms with Gasteiger partial charge in [0.15, 0.2) is 0 Å². The first-order chi connectivity index (χ1) is 11.5. The van der Waals surface area contributed by atoms with Crippen molar-refractivity contribution in [1.29, 1.82) is 0 Å². The Morgan fingerprint density at radius 3 is 2.46 bits per heavy atom. The molecule has 0 fully saturated rings. The summed E-state index contributed by atoms with van der Waals surface area (Å²) in [5, 5.41) is 4.24. The normalized spacial score (nSPS) is 12.9. The zero-order chi connectivity index (χ0) is 17.2. The molecule has 1 heterocycles. The minimum atomic E-state index is -3.70. The summed E-state index contributed by atoms with van der Waals surface area (Å²) in [4.78, 5) is 3.96. The van der Waals surface area contributed by atoms with Crippen LogP contribution in [0.3, 0.4) is 0 Å². The molecule has 124 valence electrons. The lowest BCUT2D eigenvalue weighted by atomic mass is 10.1. The van der Waals surface area contributed by atoms with Gasteiger partial charge in [-0.1, -0.05) is 35.9 Å². The van der Waals surface area contributed by atoms with E-state index in [0.717, 1.165) is 11.3 Å². The Morgan fingerprint density at radius 1 is 1.12 bits per heavy atom. The number of halogens is 1. The van der Waals surface area contributed by atoms with E-state index in [4.69, 9.17) is 11.6 Å². The van der Waals surface area contributed by atoms with E-state index >= 15 is 0 Å². The third-order valence-corrected chi connectivity index (χ3v) is 5.57. The average Bonchev–Trinajstić information content (AvgIpc) is 3.09. The van der Waals surface area contributed by atoms with Crippen LogP contribution in [0, 0.1) is 0 Å². The first kappa shape index (κ1) is 16.6. The van der Waals surface area contributed by atoms with E-state index in [1.165, 1.54) is 12.4 Å². The second-order valence-corrected chi connectivity index (χ2v) is 7.29. The van der Waals surface area contributed by atoms with Crippen molar-refractivity contribution in [3.05, 3.63) is 71.8 Å². The third kappa shape index (κ3) is 3.48. The summed E-state index contributed by atoms with van der Waals surface area (Å²) in [5.41, 5.74) is 1.67. The van der Waals surface area contributed by atoms with Crippen LogP contribution in [0.4, 0.5) is 0 Å². The van der Waals surface area contributed by atoms with Crippen molar-refractivity contribution in [2.75, 3.05) is 0 Å². The number of rotatable bonds is 5. The maximum atomic E-state index is 12.5. The van der Waals surface area contributed by atoms with Gasteiger partial charge >= 0.3 is 0 Å². The molecule has 0 aliphatic heterocycles. The van der Waals surface area contributed by atoms with Gasteiger partial charge in [0.2, 0.25) is 10.0 Å². The molecule has 0 radical (unpaired) electrons. The summed E-state index contributed by atoms with van der Waals surface area (Å²) < 4.78 is 29.2. The predicted molar refractivity (Wildman–Crippen MR) is 91.5 cm³/mol. The largest absolute Gasteiger partial charge is 0.242 e. The number of benzene rings is 2. The highest BCUT2D eigenvalue weighted by molar-refractivity contribution is 7.89. The van der Waals surface area contributed by atoms with Gasteiger partial charge in [-0.2, -0.15) is 5.10 Å². The summed E-state index contributed by atoms with van der Waals surface area (Å²) in [6.45, 7) is 1.78. The van der Waals surface area contributed by atoms with E-state index in [-0.39, 0.29) is 9.92 Å². The molecule has 0 aliphatic carbocycles. The van der Waals surface area contributed by atoms with E-state index < -0.39 is 16.1 Å². The van der Waals surface area contributed by atoms with E-state index in [9.17, 15) is 8.42 Å². The second kappa shape index (κ2) is 6.72. The molecule has 0 unspecified atom stereocenters. The lowest BCUT2D eigenvalue weighted by Gasteiger charge is -2.15. The number of sulfonamides is 1. The van der Waals surface area contributed by atoms with E-state index in [1.807, 2.05) is 24.3 Å². The molecule has 0 aliphatic rings. The molecule has 1 aromatic heterocycles. The third-order valence-electron chi connectivity index (χ3n) is 3.53. The van der Waals surface area contributed by atoms with Gasteiger partial charge < -0.3 is 0 Å². The Kier molecular flexibility index (Phi) is 4.66. The van der Waals surface area contributed by atoms with Crippen molar-refractivity contribution in [2.24, 2.45) is 0 Å². The van der Waals surface area contributed by atoms with Crippen molar-refractivity contribution in [1.82, 2.24) is 19.5 Å². The molecule has 6 nitrogen and oxygen atoms in total. The van der Waals surface area contributed by atoms with Gasteiger partial charge in [0.25, 0.3) is 0 Å². The molecule has 24 heavy (non-hydrogen) atoms. The van der Waals surface area contributed by atoms with E-state index in [1.54, 1.807) is 36.1 Å². The van der Waals surface area contributed by atoms with Crippen molar-refractivity contribution in [3.8, 4) is 5.69 Å². The van der Waals surface area contributed by atoms with Crippen molar-refractivity contribution in [2.45, 2.75) is 17.9 Å². The molecule has 2 aromatic carbocycles. The topological polar surface area (TPSA) is 76.9 Å². The van der Waals surface area contributed by atoms with Gasteiger partial charge in [-0.3, -0.25) is 0 Å². The summed E-state index contributed by atoms with van der Waals surface area (Å²) in [6, 6.07) is 13.3. The van der Waals surface area contributed by atoms with Gasteiger partial charge in [0.1, 0.15) is 17.6 Å². The van der Waals surface area contributed by atoms with Gasteiger partial charge in [-0.25, -0.2) is 22.8 Å². The quantitative estimate of drug-likeness (QED) is 0.757. The summed E-state index contributed by atoms with van der Waals surface area (Å²) in [6.07, 6.45) is 3.05. The van der Waals surface area contributed by atoms with Crippen LogP contribution in [-0.2, 0) is 10.0 Å². The van der Waals surface area contributed by atoms with Crippen LogP contribution < -0.4 is 4.72 Å². The molecular formula is C16H15ClN4O2S. The molecular weight excluding hydrogens is 348 g/mol. The smallest absolute Gasteiger partial charge is 0.223 e. The van der Waals surface area contributed by atoms with Crippen LogP contribution in [0.1, 0.15) is 18.5 Å². The maximum Gasteiger partial charge on any atom is 0.242 e. The van der Waals surface area contributed by atoms with Gasteiger partial charge in [-0.05, 0) is 36.8 Å². The van der Waals surface area contributed by atoms with Gasteiger partial charge in [0.05, 0.1) is 10.7 Å². The fourth-order valence-electron chi connectivity index (χ4n) is 2.28. The molecule has 0 saturated carbocycles. The first-order valence-corrected chi connectivity index (χ1v) is 9.05. The average molecular weight is 363 g/mol. The van der Waals surface area contributed by atoms with E-state index in [2.05, 4.69) is 14.8 Å². The number of aromatic nitrogens is 3. The molecule has 1 N–H and O–H groups in total. The minimum absolute atomic E-state index is 0.0674. The van der Waals surface area contributed by atoms with Crippen LogP contribution in [0.25, 0.3) is 5.69 Å². The standard InChI is InChI=1S/C16H15ClN4O2S/c1-12(20-24(22,23)16-5-3-2-4-15(16)17)13-6-8-14(9-7-13)21-11-18-10-19-21/h2-12,20H,1H3/t12-/m1/s1. The molecule has 3 aromatic rings. The van der Waals surface area contributed by atoms with Crippen molar-refractivity contribution >= 4 is 21.6 Å². The number of hydrogen-bond acceptors (Lipinski definition) is 4. The van der Waals surface area contributed by atoms with Crippen molar-refractivity contribution < 1.29 is 8.42 Å². The highest BCUT2D eigenvalue weighted by Gasteiger charge is 2.20. The monoisotopic (exact) mass is 362 g/mol. The van der Waals surface area contributed by atoms with E-state index in [0.29, 0.717) is 0 Å². The molecule has 8 heteroatoms. The molecule has 0 saturated heterocycles. The Bertz CT molecular complexity index is 925. The van der Waals surface area contributed by atoms with Crippen LogP contribution in [0.15, 0.2) is 66.1 Å². The second-order valence-electron chi connectivity index (χ2n) is 5.20. The molecule has 0 amide bonds. The number of hydrogen-bond donors (Lipinski definition) is 1. The minimum Gasteiger partial charge on any atom is -0.223 e. The van der Waals surface area contributed by atoms with Crippen LogP contribution in [-0.4, -0.2) is 23.2 Å². The van der Waals surface area contributed by atoms with Crippen LogP contribution in [0.2, 0.25) is 5.02 Å². The lowest BCUT2D eigenvalue weighted by Crippen LogP contribution is -2.27. The molecule has 3 rings (SSSR count).